The van der Waals surface area contributed by atoms with Crippen LogP contribution in [0.25, 0.3) is 11.4 Å². The Morgan fingerprint density at radius 1 is 1.05 bits per heavy atom. The van der Waals surface area contributed by atoms with E-state index < -0.39 is 0 Å². The van der Waals surface area contributed by atoms with Crippen LogP contribution < -0.4 is 0 Å². The first-order valence-electron chi connectivity index (χ1n) is 7.13. The lowest BCUT2D eigenvalue weighted by molar-refractivity contribution is 0.475. The second kappa shape index (κ2) is 5.08. The molecular weight excluding hydrogens is 266 g/mol. The summed E-state index contributed by atoms with van der Waals surface area (Å²) in [6, 6.07) is 5.75. The van der Waals surface area contributed by atoms with Crippen molar-refractivity contribution in [1.29, 1.82) is 0 Å². The highest BCUT2D eigenvalue weighted by Crippen LogP contribution is 2.17. The van der Waals surface area contributed by atoms with Crippen molar-refractivity contribution in [3.05, 3.63) is 42.0 Å². The van der Waals surface area contributed by atoms with Crippen LogP contribution in [0.3, 0.4) is 0 Å². The Balaban J connectivity index is 1.58. The monoisotopic (exact) mass is 281 g/mol. The van der Waals surface area contributed by atoms with Crippen molar-refractivity contribution >= 4 is 0 Å². The van der Waals surface area contributed by atoms with Crippen molar-refractivity contribution in [2.75, 3.05) is 0 Å². The molecule has 0 saturated carbocycles. The molecule has 0 aromatic carbocycles. The van der Waals surface area contributed by atoms with Crippen molar-refractivity contribution < 1.29 is 0 Å². The molecule has 0 saturated heterocycles. The Morgan fingerprint density at radius 2 is 2.05 bits per heavy atom. The topological polar surface area (TPSA) is 74.3 Å². The highest BCUT2D eigenvalue weighted by Gasteiger charge is 2.17. The third-order valence-electron chi connectivity index (χ3n) is 3.73. The van der Waals surface area contributed by atoms with Gasteiger partial charge in [0.15, 0.2) is 0 Å². The predicted octanol–water partition coefficient (Wildman–Crippen LogP) is 1.32. The predicted molar refractivity (Wildman–Crippen MR) is 75.3 cm³/mol. The molecule has 0 N–H and O–H groups in total. The van der Waals surface area contributed by atoms with Crippen LogP contribution in [0.15, 0.2) is 30.6 Å². The Hall–Kier alpha value is -2.57. The zero-order chi connectivity index (χ0) is 14.1. The normalized spacial score (nSPS) is 14.1. The van der Waals surface area contributed by atoms with E-state index in [0.717, 1.165) is 30.0 Å². The molecule has 0 aliphatic carbocycles. The lowest BCUT2D eigenvalue weighted by Crippen LogP contribution is -2.13. The summed E-state index contributed by atoms with van der Waals surface area (Å²) in [6.07, 6.45) is 7.09. The summed E-state index contributed by atoms with van der Waals surface area (Å²) in [6.45, 7) is 1.58. The van der Waals surface area contributed by atoms with Gasteiger partial charge in [-0.1, -0.05) is 16.5 Å². The lowest BCUT2D eigenvalue weighted by atomic mass is 10.1. The third kappa shape index (κ3) is 2.31. The van der Waals surface area contributed by atoms with E-state index in [4.69, 9.17) is 0 Å². The fourth-order valence-electron chi connectivity index (χ4n) is 2.66. The van der Waals surface area contributed by atoms with Gasteiger partial charge in [-0.2, -0.15) is 0 Å². The van der Waals surface area contributed by atoms with Crippen LogP contribution in [0, 0.1) is 0 Å². The van der Waals surface area contributed by atoms with E-state index in [1.807, 2.05) is 29.1 Å². The molecule has 0 bridgehead atoms. The number of hydrogen-bond donors (Lipinski definition) is 0. The van der Waals surface area contributed by atoms with Gasteiger partial charge in [0.05, 0.1) is 24.1 Å². The van der Waals surface area contributed by atoms with Crippen molar-refractivity contribution in [3.8, 4) is 11.4 Å². The number of nitrogens with zero attached hydrogens (tertiary/aromatic N) is 7. The number of aryl methyl sites for hydroxylation is 1. The zero-order valence-corrected chi connectivity index (χ0v) is 11.6. The smallest absolute Gasteiger partial charge is 0.131 e. The third-order valence-corrected chi connectivity index (χ3v) is 3.73. The summed E-state index contributed by atoms with van der Waals surface area (Å²) in [5.41, 5.74) is 3.83. The van der Waals surface area contributed by atoms with E-state index >= 15 is 0 Å². The minimum absolute atomic E-state index is 0.606. The molecule has 4 heterocycles. The van der Waals surface area contributed by atoms with E-state index in [-0.39, 0.29) is 0 Å². The van der Waals surface area contributed by atoms with Gasteiger partial charge in [-0.15, -0.1) is 10.2 Å². The van der Waals surface area contributed by atoms with Gasteiger partial charge >= 0.3 is 0 Å². The van der Waals surface area contributed by atoms with Gasteiger partial charge in [0.25, 0.3) is 0 Å². The van der Waals surface area contributed by atoms with Gasteiger partial charge < -0.3 is 0 Å². The van der Waals surface area contributed by atoms with E-state index in [1.54, 1.807) is 10.9 Å². The van der Waals surface area contributed by atoms with Crippen molar-refractivity contribution in [2.45, 2.75) is 32.4 Å². The maximum atomic E-state index is 4.28. The molecule has 0 radical (unpaired) electrons. The lowest BCUT2D eigenvalue weighted by Gasteiger charge is -2.12. The summed E-state index contributed by atoms with van der Waals surface area (Å²) in [5, 5.41) is 16.8. The fraction of sp³-hybridized carbons (Fsp3) is 0.357. The molecule has 0 unspecified atom stereocenters. The molecule has 1 aliphatic rings. The van der Waals surface area contributed by atoms with Crippen molar-refractivity contribution in [2.24, 2.45) is 0 Å². The number of fused-ring (bicyclic) bond motifs is 1. The summed E-state index contributed by atoms with van der Waals surface area (Å²) >= 11 is 0. The standard InChI is InChI=1S/C14H15N7/c1-3-7-15-11(5-1)12-9-20(18-16-12)10-13-14-6-2-4-8-21(14)19-17-13/h1,3,5,7,9H,2,4,6,8,10H2. The molecule has 21 heavy (non-hydrogen) atoms. The molecule has 0 fully saturated rings. The van der Waals surface area contributed by atoms with Crippen LogP contribution in [-0.2, 0) is 19.5 Å². The number of pyridine rings is 1. The molecule has 7 nitrogen and oxygen atoms in total. The van der Waals surface area contributed by atoms with Crippen molar-refractivity contribution in [3.63, 3.8) is 0 Å². The molecule has 3 aromatic rings. The second-order valence-electron chi connectivity index (χ2n) is 5.18. The fourth-order valence-corrected chi connectivity index (χ4v) is 2.66. The Morgan fingerprint density at radius 3 is 2.95 bits per heavy atom. The minimum atomic E-state index is 0.606. The molecule has 0 atom stereocenters. The van der Waals surface area contributed by atoms with Gasteiger partial charge in [-0.05, 0) is 31.4 Å². The van der Waals surface area contributed by atoms with Crippen LogP contribution in [0.2, 0.25) is 0 Å². The van der Waals surface area contributed by atoms with Crippen LogP contribution in [0.1, 0.15) is 24.2 Å². The van der Waals surface area contributed by atoms with Crippen LogP contribution in [0.5, 0.6) is 0 Å². The molecule has 1 aliphatic heterocycles. The van der Waals surface area contributed by atoms with E-state index in [0.29, 0.717) is 6.54 Å². The van der Waals surface area contributed by atoms with Gasteiger partial charge in [0.1, 0.15) is 11.4 Å². The van der Waals surface area contributed by atoms with E-state index in [2.05, 4.69) is 25.6 Å². The number of rotatable bonds is 3. The summed E-state index contributed by atoms with van der Waals surface area (Å²) in [7, 11) is 0. The van der Waals surface area contributed by atoms with E-state index in [1.165, 1.54) is 18.5 Å². The molecule has 0 amide bonds. The zero-order valence-electron chi connectivity index (χ0n) is 11.6. The number of aromatic nitrogens is 7. The summed E-state index contributed by atoms with van der Waals surface area (Å²) in [4.78, 5) is 4.28. The van der Waals surface area contributed by atoms with Gasteiger partial charge in [-0.25, -0.2) is 9.36 Å². The first-order chi connectivity index (χ1) is 10.4. The Bertz CT molecular complexity index is 744. The Kier molecular flexibility index (Phi) is 2.95. The minimum Gasteiger partial charge on any atom is -0.254 e. The van der Waals surface area contributed by atoms with Crippen LogP contribution in [0.4, 0.5) is 0 Å². The first kappa shape index (κ1) is 12.2. The summed E-state index contributed by atoms with van der Waals surface area (Å²) < 4.78 is 3.80. The van der Waals surface area contributed by atoms with Crippen LogP contribution in [-0.4, -0.2) is 35.0 Å². The van der Waals surface area contributed by atoms with E-state index in [9.17, 15) is 0 Å². The number of hydrogen-bond acceptors (Lipinski definition) is 5. The maximum absolute atomic E-state index is 4.28. The highest BCUT2D eigenvalue weighted by atomic mass is 15.5. The van der Waals surface area contributed by atoms with Gasteiger partial charge in [-0.3, -0.25) is 4.98 Å². The van der Waals surface area contributed by atoms with Gasteiger partial charge in [0, 0.05) is 12.7 Å². The molecule has 7 heteroatoms. The van der Waals surface area contributed by atoms with Crippen molar-refractivity contribution in [1.82, 2.24) is 35.0 Å². The maximum Gasteiger partial charge on any atom is 0.131 e. The largest absolute Gasteiger partial charge is 0.254 e. The van der Waals surface area contributed by atoms with Crippen LogP contribution >= 0.6 is 0 Å². The summed E-state index contributed by atoms with van der Waals surface area (Å²) in [5.74, 6) is 0. The Labute approximate surface area is 121 Å². The molecule has 4 rings (SSSR count). The second-order valence-corrected chi connectivity index (χ2v) is 5.18. The quantitative estimate of drug-likeness (QED) is 0.723. The SMILES string of the molecule is c1ccc(-c2cn(Cc3nnn4c3CCCC4)nn2)nc1. The van der Waals surface area contributed by atoms with Gasteiger partial charge in [0.2, 0.25) is 0 Å². The molecule has 106 valence electrons. The highest BCUT2D eigenvalue weighted by molar-refractivity contribution is 5.51. The average molecular weight is 281 g/mol. The average Bonchev–Trinajstić information content (AvgIpc) is 3.17. The molecule has 0 spiro atoms. The first-order valence-corrected chi connectivity index (χ1v) is 7.13. The molecular formula is C14H15N7. The molecule has 3 aromatic heterocycles.